The van der Waals surface area contributed by atoms with Crippen LogP contribution in [0.5, 0.6) is 5.75 Å². The van der Waals surface area contributed by atoms with Gasteiger partial charge in [-0.1, -0.05) is 41.4 Å². The number of hydrogen-bond acceptors (Lipinski definition) is 4. The van der Waals surface area contributed by atoms with Crippen molar-refractivity contribution in [3.8, 4) is 11.4 Å². The lowest BCUT2D eigenvalue weighted by atomic mass is 10.3. The smallest absolute Gasteiger partial charge is 0.292 e. The number of ether oxygens (including phenoxy) is 1. The van der Waals surface area contributed by atoms with Gasteiger partial charge in [0.2, 0.25) is 0 Å². The molecule has 0 saturated heterocycles. The van der Waals surface area contributed by atoms with Crippen LogP contribution in [0.3, 0.4) is 0 Å². The lowest BCUT2D eigenvalue weighted by Gasteiger charge is -2.11. The van der Waals surface area contributed by atoms with Crippen LogP contribution < -0.4 is 15.6 Å². The first-order valence-electron chi connectivity index (χ1n) is 7.60. The van der Waals surface area contributed by atoms with Crippen molar-refractivity contribution in [3.63, 3.8) is 0 Å². The van der Waals surface area contributed by atoms with Gasteiger partial charge in [-0.15, -0.1) is 0 Å². The van der Waals surface area contributed by atoms with E-state index in [0.29, 0.717) is 29.5 Å². The lowest BCUT2D eigenvalue weighted by Crippen LogP contribution is -2.23. The molecule has 1 heterocycles. The normalized spacial score (nSPS) is 10.5. The first kappa shape index (κ1) is 17.3. The number of para-hydroxylation sites is 1. The first-order chi connectivity index (χ1) is 12.1. The maximum Gasteiger partial charge on any atom is 0.292 e. The van der Waals surface area contributed by atoms with Crippen LogP contribution in [-0.4, -0.2) is 22.9 Å². The van der Waals surface area contributed by atoms with E-state index in [4.69, 9.17) is 27.9 Å². The maximum absolute atomic E-state index is 12.4. The minimum atomic E-state index is -0.405. The monoisotopic (exact) mass is 375 g/mol. The molecule has 0 spiro atoms. The van der Waals surface area contributed by atoms with Crippen molar-refractivity contribution >= 4 is 28.9 Å². The van der Waals surface area contributed by atoms with Crippen LogP contribution in [0, 0.1) is 0 Å². The Morgan fingerprint density at radius 1 is 1.04 bits per heavy atom. The van der Waals surface area contributed by atoms with E-state index >= 15 is 0 Å². The minimum absolute atomic E-state index is 0.0738. The van der Waals surface area contributed by atoms with Crippen molar-refractivity contribution in [2.45, 2.75) is 0 Å². The molecule has 7 heteroatoms. The molecule has 0 bridgehead atoms. The van der Waals surface area contributed by atoms with Gasteiger partial charge >= 0.3 is 0 Å². The first-order valence-corrected chi connectivity index (χ1v) is 8.36. The molecule has 25 heavy (non-hydrogen) atoms. The van der Waals surface area contributed by atoms with Gasteiger partial charge in [0.15, 0.2) is 0 Å². The van der Waals surface area contributed by atoms with Gasteiger partial charge in [-0.05, 0) is 36.4 Å². The van der Waals surface area contributed by atoms with Crippen molar-refractivity contribution < 1.29 is 4.74 Å². The number of rotatable bonds is 6. The summed E-state index contributed by atoms with van der Waals surface area (Å²) in [6, 6.07) is 16.3. The van der Waals surface area contributed by atoms with Crippen LogP contribution in [0.4, 0.5) is 5.69 Å². The van der Waals surface area contributed by atoms with Crippen molar-refractivity contribution in [1.82, 2.24) is 9.78 Å². The number of nitrogens with one attached hydrogen (secondary N) is 1. The molecule has 0 unspecified atom stereocenters. The summed E-state index contributed by atoms with van der Waals surface area (Å²) in [6.45, 7) is 0.918. The molecule has 1 aromatic heterocycles. The summed E-state index contributed by atoms with van der Waals surface area (Å²) < 4.78 is 6.81. The lowest BCUT2D eigenvalue weighted by molar-refractivity contribution is 0.333. The molecule has 1 N–H and O–H groups in total. The zero-order chi connectivity index (χ0) is 17.6. The molecule has 3 aromatic rings. The van der Waals surface area contributed by atoms with Gasteiger partial charge in [-0.25, -0.2) is 0 Å². The average Bonchev–Trinajstić information content (AvgIpc) is 2.64. The Morgan fingerprint density at radius 2 is 1.76 bits per heavy atom. The van der Waals surface area contributed by atoms with E-state index in [0.717, 1.165) is 5.75 Å². The van der Waals surface area contributed by atoms with Crippen LogP contribution in [-0.2, 0) is 0 Å². The van der Waals surface area contributed by atoms with Crippen LogP contribution >= 0.6 is 23.2 Å². The molecular formula is C18H15Cl2N3O2. The van der Waals surface area contributed by atoms with Crippen molar-refractivity contribution in [3.05, 3.63) is 81.2 Å². The highest BCUT2D eigenvalue weighted by Gasteiger charge is 2.10. The standard InChI is InChI=1S/C18H15Cl2N3O2/c19-13-6-8-14(9-7-13)23-18(24)17(20)16(12-22-23)21-10-11-25-15-4-2-1-3-5-15/h1-9,12,21H,10-11H2. The number of anilines is 1. The van der Waals surface area contributed by atoms with Crippen molar-refractivity contribution in [2.24, 2.45) is 0 Å². The summed E-state index contributed by atoms with van der Waals surface area (Å²) in [6.07, 6.45) is 1.51. The molecule has 0 amide bonds. The van der Waals surface area contributed by atoms with E-state index in [1.165, 1.54) is 10.9 Å². The van der Waals surface area contributed by atoms with Gasteiger partial charge in [0, 0.05) is 11.6 Å². The van der Waals surface area contributed by atoms with E-state index in [1.807, 2.05) is 30.3 Å². The largest absolute Gasteiger partial charge is 0.492 e. The predicted octanol–water partition coefficient (Wildman–Crippen LogP) is 4.03. The molecule has 0 aliphatic heterocycles. The summed E-state index contributed by atoms with van der Waals surface area (Å²) in [7, 11) is 0. The molecule has 0 fully saturated rings. The molecule has 0 radical (unpaired) electrons. The molecular weight excluding hydrogens is 361 g/mol. The molecule has 0 saturated carbocycles. The molecule has 5 nitrogen and oxygen atoms in total. The fraction of sp³-hybridized carbons (Fsp3) is 0.111. The zero-order valence-corrected chi connectivity index (χ0v) is 14.7. The summed E-state index contributed by atoms with van der Waals surface area (Å²) in [5, 5.41) is 7.86. The van der Waals surface area contributed by atoms with E-state index in [9.17, 15) is 4.79 Å². The van der Waals surface area contributed by atoms with Gasteiger partial charge in [0.1, 0.15) is 17.4 Å². The Hall–Kier alpha value is -2.50. The second kappa shape index (κ2) is 8.05. The third kappa shape index (κ3) is 4.32. The Bertz CT molecular complexity index is 896. The van der Waals surface area contributed by atoms with Crippen LogP contribution in [0.2, 0.25) is 10.0 Å². The van der Waals surface area contributed by atoms with E-state index in [2.05, 4.69) is 10.4 Å². The Morgan fingerprint density at radius 3 is 2.48 bits per heavy atom. The summed E-state index contributed by atoms with van der Waals surface area (Å²) in [5.74, 6) is 0.784. The fourth-order valence-corrected chi connectivity index (χ4v) is 2.52. The third-order valence-electron chi connectivity index (χ3n) is 3.42. The number of hydrogen-bond donors (Lipinski definition) is 1. The summed E-state index contributed by atoms with van der Waals surface area (Å²) in [4.78, 5) is 12.4. The highest BCUT2D eigenvalue weighted by Crippen LogP contribution is 2.17. The Balaban J connectivity index is 1.66. The van der Waals surface area contributed by atoms with Gasteiger partial charge in [-0.2, -0.15) is 9.78 Å². The summed E-state index contributed by atoms with van der Waals surface area (Å²) in [5.41, 5.74) is 0.654. The minimum Gasteiger partial charge on any atom is -0.492 e. The van der Waals surface area contributed by atoms with Gasteiger partial charge < -0.3 is 10.1 Å². The highest BCUT2D eigenvalue weighted by atomic mass is 35.5. The molecule has 2 aromatic carbocycles. The molecule has 128 valence electrons. The van der Waals surface area contributed by atoms with Crippen LogP contribution in [0.1, 0.15) is 0 Å². The number of halogens is 2. The quantitative estimate of drug-likeness (QED) is 0.660. The van der Waals surface area contributed by atoms with E-state index < -0.39 is 5.56 Å². The average molecular weight is 376 g/mol. The molecule has 0 aliphatic rings. The third-order valence-corrected chi connectivity index (χ3v) is 4.04. The van der Waals surface area contributed by atoms with Crippen LogP contribution in [0.15, 0.2) is 65.6 Å². The van der Waals surface area contributed by atoms with E-state index in [1.54, 1.807) is 24.3 Å². The van der Waals surface area contributed by atoms with E-state index in [-0.39, 0.29) is 5.02 Å². The van der Waals surface area contributed by atoms with Crippen molar-refractivity contribution in [2.75, 3.05) is 18.5 Å². The maximum atomic E-state index is 12.4. The number of nitrogens with zero attached hydrogens (tertiary/aromatic N) is 2. The SMILES string of the molecule is O=c1c(Cl)c(NCCOc2ccccc2)cnn1-c1ccc(Cl)cc1. The number of benzene rings is 2. The zero-order valence-electron chi connectivity index (χ0n) is 13.2. The topological polar surface area (TPSA) is 56.1 Å². The van der Waals surface area contributed by atoms with Crippen molar-refractivity contribution in [1.29, 1.82) is 0 Å². The molecule has 0 aliphatic carbocycles. The van der Waals surface area contributed by atoms with Crippen LogP contribution in [0.25, 0.3) is 5.69 Å². The molecule has 0 atom stereocenters. The van der Waals surface area contributed by atoms with Gasteiger partial charge in [-0.3, -0.25) is 4.79 Å². The fourth-order valence-electron chi connectivity index (χ4n) is 2.19. The highest BCUT2D eigenvalue weighted by molar-refractivity contribution is 6.33. The van der Waals surface area contributed by atoms with Gasteiger partial charge in [0.25, 0.3) is 5.56 Å². The predicted molar refractivity (Wildman–Crippen MR) is 100 cm³/mol. The summed E-state index contributed by atoms with van der Waals surface area (Å²) >= 11 is 12.0. The number of aromatic nitrogens is 2. The Kier molecular flexibility index (Phi) is 5.58. The van der Waals surface area contributed by atoms with Gasteiger partial charge in [0.05, 0.1) is 17.6 Å². The Labute approximate surface area is 154 Å². The second-order valence-electron chi connectivity index (χ2n) is 5.15. The molecule has 3 rings (SSSR count). The second-order valence-corrected chi connectivity index (χ2v) is 5.97.